The van der Waals surface area contributed by atoms with Crippen LogP contribution in [-0.4, -0.2) is 0 Å². The van der Waals surface area contributed by atoms with Gasteiger partial charge in [-0.1, -0.05) is 54.6 Å². The van der Waals surface area contributed by atoms with Gasteiger partial charge in [0.25, 0.3) is 0 Å². The van der Waals surface area contributed by atoms with Crippen LogP contribution >= 0.6 is 22.7 Å². The Hall–Kier alpha value is -2.94. The maximum Gasteiger partial charge on any atom is 0.0434 e. The van der Waals surface area contributed by atoms with Gasteiger partial charge in [-0.05, 0) is 47.5 Å². The van der Waals surface area contributed by atoms with Crippen LogP contribution in [0.25, 0.3) is 61.9 Å². The predicted molar refractivity (Wildman–Crippen MR) is 132 cm³/mol. The molecule has 5 aromatic carbocycles. The van der Waals surface area contributed by atoms with Crippen molar-refractivity contribution in [3.05, 3.63) is 84.4 Å². The molecule has 0 aliphatic heterocycles. The van der Waals surface area contributed by atoms with Gasteiger partial charge in [0.1, 0.15) is 0 Å². The zero-order chi connectivity index (χ0) is 19.1. The standard InChI is InChI=1S/C27H16S2/c1-15-6-9-19-21-11-8-17-13-22-16(14-23(17)27(21)29-25(19)12-15)7-10-20-18-4-2-3-5-24(18)28-26(20)22/h2-14H,1H3. The summed E-state index contributed by atoms with van der Waals surface area (Å²) in [5.74, 6) is 0. The van der Waals surface area contributed by atoms with E-state index in [2.05, 4.69) is 85.8 Å². The molecular formula is C27H16S2. The van der Waals surface area contributed by atoms with Crippen LogP contribution < -0.4 is 0 Å². The molecule has 29 heavy (non-hydrogen) atoms. The third-order valence-electron chi connectivity index (χ3n) is 6.09. The Morgan fingerprint density at radius 3 is 1.79 bits per heavy atom. The Balaban J connectivity index is 1.64. The summed E-state index contributed by atoms with van der Waals surface area (Å²) in [4.78, 5) is 0. The molecule has 136 valence electrons. The molecule has 7 aromatic rings. The number of aryl methyl sites for hydroxylation is 1. The van der Waals surface area contributed by atoms with Crippen LogP contribution in [0.4, 0.5) is 0 Å². The Kier molecular flexibility index (Phi) is 3.06. The first-order valence-electron chi connectivity index (χ1n) is 9.86. The molecule has 0 amide bonds. The molecule has 0 atom stereocenters. The van der Waals surface area contributed by atoms with Crippen molar-refractivity contribution in [1.29, 1.82) is 0 Å². The lowest BCUT2D eigenvalue weighted by Gasteiger charge is -2.05. The number of rotatable bonds is 0. The molecule has 0 saturated carbocycles. The second kappa shape index (κ2) is 5.56. The molecule has 0 N–H and O–H groups in total. The average Bonchev–Trinajstić information content (AvgIpc) is 3.30. The van der Waals surface area contributed by atoms with E-state index in [4.69, 9.17) is 0 Å². The lowest BCUT2D eigenvalue weighted by atomic mass is 10.00. The van der Waals surface area contributed by atoms with Crippen LogP contribution in [0.3, 0.4) is 0 Å². The highest BCUT2D eigenvalue weighted by molar-refractivity contribution is 7.27. The summed E-state index contributed by atoms with van der Waals surface area (Å²) in [6.45, 7) is 2.17. The lowest BCUT2D eigenvalue weighted by molar-refractivity contribution is 1.52. The van der Waals surface area contributed by atoms with E-state index in [9.17, 15) is 0 Å². The maximum absolute atomic E-state index is 2.40. The Bertz CT molecular complexity index is 1760. The van der Waals surface area contributed by atoms with Crippen molar-refractivity contribution in [3.8, 4) is 0 Å². The smallest absolute Gasteiger partial charge is 0.0434 e. The molecular weight excluding hydrogens is 388 g/mol. The highest BCUT2D eigenvalue weighted by Crippen LogP contribution is 2.43. The zero-order valence-electron chi connectivity index (χ0n) is 15.8. The number of benzene rings is 5. The SMILES string of the molecule is Cc1ccc2c(c1)sc1c3cc4ccc5c6ccccc6sc5c4cc3ccc21. The monoisotopic (exact) mass is 404 g/mol. The average molecular weight is 405 g/mol. The summed E-state index contributed by atoms with van der Waals surface area (Å²) in [6, 6.07) is 29.6. The lowest BCUT2D eigenvalue weighted by Crippen LogP contribution is -1.78. The Labute approximate surface area is 175 Å². The first kappa shape index (κ1) is 15.9. The minimum atomic E-state index is 1.32. The fourth-order valence-electron chi connectivity index (χ4n) is 4.67. The molecule has 0 fully saturated rings. The van der Waals surface area contributed by atoms with E-state index in [1.807, 2.05) is 22.7 Å². The molecule has 0 nitrogen and oxygen atoms in total. The van der Waals surface area contributed by atoms with Crippen LogP contribution in [0, 0.1) is 6.92 Å². The van der Waals surface area contributed by atoms with Crippen LogP contribution in [0.15, 0.2) is 78.9 Å². The van der Waals surface area contributed by atoms with Crippen molar-refractivity contribution in [2.24, 2.45) is 0 Å². The highest BCUT2D eigenvalue weighted by atomic mass is 32.1. The normalized spacial score (nSPS) is 12.3. The van der Waals surface area contributed by atoms with Gasteiger partial charge in [-0.2, -0.15) is 0 Å². The Morgan fingerprint density at radius 1 is 0.483 bits per heavy atom. The summed E-state index contributed by atoms with van der Waals surface area (Å²) in [6.07, 6.45) is 0. The maximum atomic E-state index is 2.40. The summed E-state index contributed by atoms with van der Waals surface area (Å²) in [5.41, 5.74) is 1.32. The topological polar surface area (TPSA) is 0 Å². The first-order valence-corrected chi connectivity index (χ1v) is 11.5. The highest BCUT2D eigenvalue weighted by Gasteiger charge is 2.12. The minimum Gasteiger partial charge on any atom is -0.135 e. The van der Waals surface area contributed by atoms with E-state index in [-0.39, 0.29) is 0 Å². The summed E-state index contributed by atoms with van der Waals surface area (Å²) >= 11 is 3.84. The molecule has 0 spiro atoms. The second-order valence-corrected chi connectivity index (χ2v) is 9.98. The van der Waals surface area contributed by atoms with Gasteiger partial charge in [-0.15, -0.1) is 22.7 Å². The van der Waals surface area contributed by atoms with Gasteiger partial charge < -0.3 is 0 Å². The van der Waals surface area contributed by atoms with Gasteiger partial charge in [0.2, 0.25) is 0 Å². The minimum absolute atomic E-state index is 1.32. The van der Waals surface area contributed by atoms with Crippen LogP contribution in [0.5, 0.6) is 0 Å². The molecule has 0 unspecified atom stereocenters. The third-order valence-corrected chi connectivity index (χ3v) is 8.51. The number of hydrogen-bond acceptors (Lipinski definition) is 2. The van der Waals surface area contributed by atoms with Gasteiger partial charge in [-0.3, -0.25) is 0 Å². The Morgan fingerprint density at radius 2 is 1.07 bits per heavy atom. The van der Waals surface area contributed by atoms with Gasteiger partial charge >= 0.3 is 0 Å². The van der Waals surface area contributed by atoms with E-state index in [0.29, 0.717) is 0 Å². The van der Waals surface area contributed by atoms with Crippen molar-refractivity contribution in [2.75, 3.05) is 0 Å². The quantitative estimate of drug-likeness (QED) is 0.221. The van der Waals surface area contributed by atoms with Gasteiger partial charge in [-0.25, -0.2) is 0 Å². The molecule has 0 aliphatic carbocycles. The molecule has 2 heterocycles. The van der Waals surface area contributed by atoms with Crippen molar-refractivity contribution >= 4 is 84.6 Å². The van der Waals surface area contributed by atoms with E-state index in [0.717, 1.165) is 0 Å². The van der Waals surface area contributed by atoms with Crippen LogP contribution in [0.1, 0.15) is 5.56 Å². The van der Waals surface area contributed by atoms with Crippen molar-refractivity contribution in [2.45, 2.75) is 6.92 Å². The second-order valence-electron chi connectivity index (χ2n) is 7.88. The van der Waals surface area contributed by atoms with E-state index < -0.39 is 0 Å². The number of hydrogen-bond donors (Lipinski definition) is 0. The van der Waals surface area contributed by atoms with Crippen molar-refractivity contribution in [1.82, 2.24) is 0 Å². The molecule has 7 rings (SSSR count). The predicted octanol–water partition coefficient (Wildman–Crippen LogP) is 9.04. The fraction of sp³-hybridized carbons (Fsp3) is 0.0370. The van der Waals surface area contributed by atoms with E-state index in [1.54, 1.807) is 0 Å². The van der Waals surface area contributed by atoms with E-state index >= 15 is 0 Å². The molecule has 0 saturated heterocycles. The molecule has 2 aromatic heterocycles. The third kappa shape index (κ3) is 2.13. The largest absolute Gasteiger partial charge is 0.135 e. The van der Waals surface area contributed by atoms with Gasteiger partial charge in [0.05, 0.1) is 0 Å². The molecule has 0 bridgehead atoms. The number of thiophene rings is 2. The summed E-state index contributed by atoms with van der Waals surface area (Å²) in [5, 5.41) is 10.9. The van der Waals surface area contributed by atoms with E-state index in [1.165, 1.54) is 67.5 Å². The molecule has 0 aliphatic rings. The van der Waals surface area contributed by atoms with Crippen molar-refractivity contribution in [3.63, 3.8) is 0 Å². The van der Waals surface area contributed by atoms with Crippen molar-refractivity contribution < 1.29 is 0 Å². The fourth-order valence-corrected chi connectivity index (χ4v) is 7.23. The summed E-state index contributed by atoms with van der Waals surface area (Å²) in [7, 11) is 0. The molecule has 0 radical (unpaired) electrons. The first-order chi connectivity index (χ1) is 14.3. The summed E-state index contributed by atoms with van der Waals surface area (Å²) < 4.78 is 5.55. The van der Waals surface area contributed by atoms with Crippen LogP contribution in [-0.2, 0) is 0 Å². The number of fused-ring (bicyclic) bond motifs is 10. The van der Waals surface area contributed by atoms with Gasteiger partial charge in [0.15, 0.2) is 0 Å². The molecule has 2 heteroatoms. The van der Waals surface area contributed by atoms with Crippen LogP contribution in [0.2, 0.25) is 0 Å². The zero-order valence-corrected chi connectivity index (χ0v) is 17.5. The van der Waals surface area contributed by atoms with Gasteiger partial charge in [0, 0.05) is 51.1 Å².